The Morgan fingerprint density at radius 3 is 0.559 bits per heavy atom. The van der Waals surface area contributed by atoms with Crippen molar-refractivity contribution in [2.75, 3.05) is 164 Å². The van der Waals surface area contributed by atoms with Crippen LogP contribution in [0.4, 0.5) is 0 Å². The summed E-state index contributed by atoms with van der Waals surface area (Å²) in [4.78, 5) is 126. The lowest BCUT2D eigenvalue weighted by Gasteiger charge is -2.28. The normalized spacial score (nSPS) is 11.0. The highest BCUT2D eigenvalue weighted by atomic mass is 16.6. The lowest BCUT2D eigenvalue weighted by atomic mass is 10.3. The second kappa shape index (κ2) is 40.5. The molecular weight excluding hydrogens is 908 g/mol. The Kier molecular flexibility index (Phi) is 38.5. The molecule has 0 heterocycles. The van der Waals surface area contributed by atoms with E-state index >= 15 is 0 Å². The standard InChI is InChI=1S/C24H43N3O10.C18H31N3O10/c1-6-33-20(28)15-25(11-13-26(16-21(29)34-7-2)17-22(30)35-8-3)12-14-27(18-23(31)36-9-4)19-24(32)37-10-5;1-3-30-17(28)12-20(10-15(24)25)7-5-19(9-14(22)23)6-8-21(11-16(26)27)13-18(29)31-4-2/h6-19H2,1-5H3;3-13H2,1-2H3,(H,22,23)(H,24,25)(H,26,27). The summed E-state index contributed by atoms with van der Waals surface area (Å²) in [6.45, 7) is 12.0. The molecule has 0 unspecified atom stereocenters. The Labute approximate surface area is 397 Å². The van der Waals surface area contributed by atoms with E-state index in [9.17, 15) is 47.9 Å². The molecule has 0 spiro atoms. The summed E-state index contributed by atoms with van der Waals surface area (Å²) in [5, 5.41) is 27.2. The molecule has 0 saturated carbocycles. The van der Waals surface area contributed by atoms with Crippen LogP contribution in [0.3, 0.4) is 0 Å². The summed E-state index contributed by atoms with van der Waals surface area (Å²) < 4.78 is 34.7. The van der Waals surface area contributed by atoms with Crippen LogP contribution in [0.1, 0.15) is 48.5 Å². The number of rotatable bonds is 39. The minimum absolute atomic E-state index is 0.0624. The monoisotopic (exact) mass is 982 g/mol. The minimum Gasteiger partial charge on any atom is -0.480 e. The Bertz CT molecular complexity index is 1410. The summed E-state index contributed by atoms with van der Waals surface area (Å²) >= 11 is 0. The van der Waals surface area contributed by atoms with Crippen LogP contribution < -0.4 is 0 Å². The highest BCUT2D eigenvalue weighted by molar-refractivity contribution is 5.77. The number of hydrogen-bond acceptors (Lipinski definition) is 23. The molecule has 68 heavy (non-hydrogen) atoms. The number of carboxylic acid groups (broad SMARTS) is 3. The molecule has 0 aromatic heterocycles. The average molecular weight is 983 g/mol. The van der Waals surface area contributed by atoms with E-state index in [0.717, 1.165) is 0 Å². The van der Waals surface area contributed by atoms with Gasteiger partial charge in [0.1, 0.15) is 0 Å². The smallest absolute Gasteiger partial charge is 0.320 e. The molecule has 26 nitrogen and oxygen atoms in total. The fourth-order valence-electron chi connectivity index (χ4n) is 5.83. The molecule has 0 aliphatic rings. The number of nitrogens with zero attached hydrogens (tertiary/aromatic N) is 6. The van der Waals surface area contributed by atoms with Crippen molar-refractivity contribution in [3.05, 3.63) is 0 Å². The maximum atomic E-state index is 12.2. The molecule has 0 saturated heterocycles. The molecule has 0 atom stereocenters. The van der Waals surface area contributed by atoms with Crippen molar-refractivity contribution in [1.29, 1.82) is 0 Å². The number of esters is 7. The van der Waals surface area contributed by atoms with Crippen molar-refractivity contribution in [3.8, 4) is 0 Å². The van der Waals surface area contributed by atoms with Gasteiger partial charge in [0.2, 0.25) is 0 Å². The highest BCUT2D eigenvalue weighted by Gasteiger charge is 2.23. The molecular formula is C42H74N6O20. The van der Waals surface area contributed by atoms with Gasteiger partial charge < -0.3 is 48.5 Å². The molecule has 0 aromatic carbocycles. The van der Waals surface area contributed by atoms with Crippen molar-refractivity contribution < 1.29 is 96.4 Å². The third-order valence-corrected chi connectivity index (χ3v) is 8.61. The quantitative estimate of drug-likeness (QED) is 0.0442. The maximum absolute atomic E-state index is 12.2. The van der Waals surface area contributed by atoms with Crippen LogP contribution in [-0.4, -0.2) is 268 Å². The van der Waals surface area contributed by atoms with Gasteiger partial charge in [-0.3, -0.25) is 77.3 Å². The Morgan fingerprint density at radius 2 is 0.382 bits per heavy atom. The number of ether oxygens (including phenoxy) is 7. The molecule has 0 radical (unpaired) electrons. The number of hydrogen-bond donors (Lipinski definition) is 3. The van der Waals surface area contributed by atoms with E-state index < -0.39 is 72.8 Å². The van der Waals surface area contributed by atoms with Crippen molar-refractivity contribution in [2.45, 2.75) is 48.5 Å². The van der Waals surface area contributed by atoms with E-state index in [1.807, 2.05) is 0 Å². The van der Waals surface area contributed by atoms with Gasteiger partial charge in [0.15, 0.2) is 0 Å². The fraction of sp³-hybridized carbons (Fsp3) is 0.762. The second-order valence-corrected chi connectivity index (χ2v) is 14.2. The topological polar surface area (TPSA) is 315 Å². The summed E-state index contributed by atoms with van der Waals surface area (Å²) in [7, 11) is 0. The van der Waals surface area contributed by atoms with E-state index in [-0.39, 0.29) is 151 Å². The van der Waals surface area contributed by atoms with Gasteiger partial charge in [-0.05, 0) is 48.5 Å². The first-order valence-electron chi connectivity index (χ1n) is 22.3. The number of carbonyl (C=O) groups excluding carboxylic acids is 7. The van der Waals surface area contributed by atoms with Gasteiger partial charge in [-0.1, -0.05) is 0 Å². The molecule has 0 aliphatic carbocycles. The zero-order chi connectivity index (χ0) is 51.9. The van der Waals surface area contributed by atoms with Crippen LogP contribution in [0.15, 0.2) is 0 Å². The zero-order valence-electron chi connectivity index (χ0n) is 40.6. The van der Waals surface area contributed by atoms with Crippen molar-refractivity contribution >= 4 is 59.7 Å². The summed E-state index contributed by atoms with van der Waals surface area (Å²) in [6, 6.07) is 0. The van der Waals surface area contributed by atoms with Gasteiger partial charge >= 0.3 is 59.7 Å². The van der Waals surface area contributed by atoms with Crippen LogP contribution in [0, 0.1) is 0 Å². The molecule has 392 valence electrons. The van der Waals surface area contributed by atoms with Crippen LogP contribution >= 0.6 is 0 Å². The molecule has 0 amide bonds. The van der Waals surface area contributed by atoms with Crippen LogP contribution in [-0.2, 0) is 81.1 Å². The third-order valence-electron chi connectivity index (χ3n) is 8.61. The lowest BCUT2D eigenvalue weighted by molar-refractivity contribution is -0.150. The maximum Gasteiger partial charge on any atom is 0.320 e. The van der Waals surface area contributed by atoms with E-state index in [0.29, 0.717) is 0 Å². The van der Waals surface area contributed by atoms with Gasteiger partial charge in [0, 0.05) is 52.4 Å². The lowest BCUT2D eigenvalue weighted by Crippen LogP contribution is -2.46. The van der Waals surface area contributed by atoms with E-state index in [1.54, 1.807) is 63.2 Å². The number of carboxylic acids is 3. The molecule has 0 fully saturated rings. The fourth-order valence-corrected chi connectivity index (χ4v) is 5.83. The Hall–Kier alpha value is -5.54. The summed E-state index contributed by atoms with van der Waals surface area (Å²) in [5.41, 5.74) is 0. The Balaban J connectivity index is 0. The average Bonchev–Trinajstić information content (AvgIpc) is 3.22. The van der Waals surface area contributed by atoms with Gasteiger partial charge in [-0.2, -0.15) is 0 Å². The zero-order valence-corrected chi connectivity index (χ0v) is 40.6. The van der Waals surface area contributed by atoms with E-state index in [2.05, 4.69) is 0 Å². The van der Waals surface area contributed by atoms with Crippen molar-refractivity contribution in [1.82, 2.24) is 29.4 Å². The first-order chi connectivity index (χ1) is 32.2. The first kappa shape index (κ1) is 64.5. The van der Waals surface area contributed by atoms with Crippen LogP contribution in [0.5, 0.6) is 0 Å². The summed E-state index contributed by atoms with van der Waals surface area (Å²) in [5.74, 6) is -7.05. The first-order valence-corrected chi connectivity index (χ1v) is 22.3. The number of aliphatic carboxylic acids is 3. The molecule has 0 rings (SSSR count). The van der Waals surface area contributed by atoms with Gasteiger partial charge in [0.25, 0.3) is 0 Å². The highest BCUT2D eigenvalue weighted by Crippen LogP contribution is 2.02. The second-order valence-electron chi connectivity index (χ2n) is 14.2. The van der Waals surface area contributed by atoms with E-state index in [4.69, 9.17) is 48.5 Å². The van der Waals surface area contributed by atoms with Crippen molar-refractivity contribution in [3.63, 3.8) is 0 Å². The predicted molar refractivity (Wildman–Crippen MR) is 238 cm³/mol. The van der Waals surface area contributed by atoms with Crippen molar-refractivity contribution in [2.24, 2.45) is 0 Å². The van der Waals surface area contributed by atoms with E-state index in [1.165, 1.54) is 14.7 Å². The van der Waals surface area contributed by atoms with Gasteiger partial charge in [0.05, 0.1) is 112 Å². The molecule has 26 heteroatoms. The molecule has 0 aliphatic heterocycles. The molecule has 3 N–H and O–H groups in total. The predicted octanol–water partition coefficient (Wildman–Crippen LogP) is -2.02. The minimum atomic E-state index is -1.16. The summed E-state index contributed by atoms with van der Waals surface area (Å²) in [6.07, 6.45) is 0. The van der Waals surface area contributed by atoms with Crippen LogP contribution in [0.25, 0.3) is 0 Å². The SMILES string of the molecule is CCOC(=O)CN(CCN(CC(=O)OCC)CC(=O)OCC)CCN(CC(=O)OCC)CC(=O)OCC.CCOC(=O)CN(CCN(CCN(CC(=O)O)CC(=O)OCC)CC(=O)O)CC(=O)O. The molecule has 0 aromatic rings. The van der Waals surface area contributed by atoms with Gasteiger partial charge in [-0.15, -0.1) is 0 Å². The largest absolute Gasteiger partial charge is 0.480 e. The van der Waals surface area contributed by atoms with Gasteiger partial charge in [-0.25, -0.2) is 0 Å². The number of carbonyl (C=O) groups is 10. The third kappa shape index (κ3) is 37.5. The Morgan fingerprint density at radius 1 is 0.250 bits per heavy atom. The molecule has 0 bridgehead atoms. The van der Waals surface area contributed by atoms with Crippen LogP contribution in [0.2, 0.25) is 0 Å².